The van der Waals surface area contributed by atoms with Gasteiger partial charge in [-0.1, -0.05) is 6.07 Å². The molecular weight excluding hydrogens is 244 g/mol. The Kier molecular flexibility index (Phi) is 4.39. The lowest BCUT2D eigenvalue weighted by Gasteiger charge is -2.26. The number of hydrogen-bond acceptors (Lipinski definition) is 4. The van der Waals surface area contributed by atoms with Crippen molar-refractivity contribution in [3.05, 3.63) is 23.8 Å². The van der Waals surface area contributed by atoms with E-state index >= 15 is 0 Å². The van der Waals surface area contributed by atoms with Crippen LogP contribution in [-0.4, -0.2) is 43.9 Å². The molecule has 1 aromatic carbocycles. The van der Waals surface area contributed by atoms with Crippen molar-refractivity contribution in [2.75, 3.05) is 31.6 Å². The van der Waals surface area contributed by atoms with E-state index in [2.05, 4.69) is 5.32 Å². The van der Waals surface area contributed by atoms with E-state index in [1.54, 1.807) is 18.9 Å². The molecule has 0 saturated heterocycles. The standard InChI is InChI=1S/C14H20N2O3/c1-10(17)8-15-6-5-11-3-4-13-12(7-11)16(2)14(18)9-19-13/h3-4,7,10,15,17H,5-6,8-9H2,1-2H3. The molecule has 1 heterocycles. The average Bonchev–Trinajstić information content (AvgIpc) is 2.39. The van der Waals surface area contributed by atoms with Crippen LogP contribution in [0.1, 0.15) is 12.5 Å². The number of aliphatic hydroxyl groups excluding tert-OH is 1. The van der Waals surface area contributed by atoms with Crippen LogP contribution in [0.15, 0.2) is 18.2 Å². The second-order valence-corrected chi connectivity index (χ2v) is 4.85. The van der Waals surface area contributed by atoms with Crippen LogP contribution in [0.2, 0.25) is 0 Å². The lowest BCUT2D eigenvalue weighted by molar-refractivity contribution is -0.120. The van der Waals surface area contributed by atoms with Gasteiger partial charge in [0.25, 0.3) is 5.91 Å². The van der Waals surface area contributed by atoms with Crippen LogP contribution in [0.3, 0.4) is 0 Å². The highest BCUT2D eigenvalue weighted by atomic mass is 16.5. The Morgan fingerprint density at radius 3 is 3.05 bits per heavy atom. The summed E-state index contributed by atoms with van der Waals surface area (Å²) in [4.78, 5) is 13.2. The summed E-state index contributed by atoms with van der Waals surface area (Å²) in [6.07, 6.45) is 0.517. The zero-order valence-electron chi connectivity index (χ0n) is 11.3. The molecule has 0 aliphatic carbocycles. The number of carbonyl (C=O) groups is 1. The Morgan fingerprint density at radius 2 is 2.32 bits per heavy atom. The monoisotopic (exact) mass is 264 g/mol. The molecular formula is C14H20N2O3. The topological polar surface area (TPSA) is 61.8 Å². The van der Waals surface area contributed by atoms with Crippen LogP contribution in [0.4, 0.5) is 5.69 Å². The van der Waals surface area contributed by atoms with Gasteiger partial charge < -0.3 is 20.1 Å². The largest absolute Gasteiger partial charge is 0.482 e. The Bertz CT molecular complexity index is 460. The van der Waals surface area contributed by atoms with Gasteiger partial charge in [0.1, 0.15) is 5.75 Å². The van der Waals surface area contributed by atoms with E-state index in [4.69, 9.17) is 9.84 Å². The molecule has 1 aromatic rings. The van der Waals surface area contributed by atoms with Gasteiger partial charge in [-0.25, -0.2) is 0 Å². The van der Waals surface area contributed by atoms with E-state index < -0.39 is 0 Å². The highest BCUT2D eigenvalue weighted by Gasteiger charge is 2.22. The van der Waals surface area contributed by atoms with Crippen molar-refractivity contribution in [1.82, 2.24) is 5.32 Å². The molecule has 19 heavy (non-hydrogen) atoms. The van der Waals surface area contributed by atoms with Crippen LogP contribution >= 0.6 is 0 Å². The molecule has 1 aliphatic rings. The Morgan fingerprint density at radius 1 is 1.53 bits per heavy atom. The number of anilines is 1. The number of nitrogens with zero attached hydrogens (tertiary/aromatic N) is 1. The van der Waals surface area contributed by atoms with Gasteiger partial charge in [0.15, 0.2) is 6.61 Å². The fourth-order valence-corrected chi connectivity index (χ4v) is 2.02. The first kappa shape index (κ1) is 13.8. The summed E-state index contributed by atoms with van der Waals surface area (Å²) in [5.74, 6) is 0.722. The molecule has 0 fully saturated rings. The Hall–Kier alpha value is -1.59. The maximum Gasteiger partial charge on any atom is 0.264 e. The molecule has 1 aliphatic heterocycles. The van der Waals surface area contributed by atoms with E-state index in [1.165, 1.54) is 0 Å². The van der Waals surface area contributed by atoms with Crippen molar-refractivity contribution in [2.24, 2.45) is 0 Å². The first-order valence-electron chi connectivity index (χ1n) is 6.49. The van der Waals surface area contributed by atoms with Crippen molar-refractivity contribution < 1.29 is 14.6 Å². The van der Waals surface area contributed by atoms with Gasteiger partial charge in [0.05, 0.1) is 11.8 Å². The van der Waals surface area contributed by atoms with Crippen LogP contribution < -0.4 is 15.0 Å². The molecule has 1 unspecified atom stereocenters. The zero-order valence-corrected chi connectivity index (χ0v) is 11.3. The minimum absolute atomic E-state index is 0.0307. The molecule has 1 atom stereocenters. The summed E-state index contributed by atoms with van der Waals surface area (Å²) in [7, 11) is 1.76. The van der Waals surface area contributed by atoms with Gasteiger partial charge in [-0.2, -0.15) is 0 Å². The van der Waals surface area contributed by atoms with E-state index in [1.807, 2.05) is 18.2 Å². The van der Waals surface area contributed by atoms with E-state index in [0.29, 0.717) is 6.54 Å². The average molecular weight is 264 g/mol. The second kappa shape index (κ2) is 6.04. The fraction of sp³-hybridized carbons (Fsp3) is 0.500. The minimum Gasteiger partial charge on any atom is -0.482 e. The number of amides is 1. The SMILES string of the molecule is CC(O)CNCCc1ccc2c(c1)N(C)C(=O)CO2. The maximum atomic E-state index is 11.6. The summed E-state index contributed by atoms with van der Waals surface area (Å²) >= 11 is 0. The normalized spacial score (nSPS) is 15.9. The van der Waals surface area contributed by atoms with Crippen LogP contribution in [0.25, 0.3) is 0 Å². The summed E-state index contributed by atoms with van der Waals surface area (Å²) in [5, 5.41) is 12.3. The first-order valence-corrected chi connectivity index (χ1v) is 6.49. The fourth-order valence-electron chi connectivity index (χ4n) is 2.02. The number of fused-ring (bicyclic) bond motifs is 1. The van der Waals surface area contributed by atoms with E-state index in [0.717, 1.165) is 30.0 Å². The summed E-state index contributed by atoms with van der Waals surface area (Å²) in [6, 6.07) is 5.89. The third-order valence-corrected chi connectivity index (χ3v) is 3.14. The number of benzene rings is 1. The van der Waals surface area contributed by atoms with Gasteiger partial charge in [0, 0.05) is 13.6 Å². The number of rotatable bonds is 5. The Balaban J connectivity index is 1.98. The van der Waals surface area contributed by atoms with Crippen molar-refractivity contribution in [1.29, 1.82) is 0 Å². The van der Waals surface area contributed by atoms with Gasteiger partial charge in [0.2, 0.25) is 0 Å². The summed E-state index contributed by atoms with van der Waals surface area (Å²) < 4.78 is 5.38. The van der Waals surface area contributed by atoms with Gasteiger partial charge in [-0.3, -0.25) is 4.79 Å². The molecule has 0 aromatic heterocycles. The van der Waals surface area contributed by atoms with E-state index in [-0.39, 0.29) is 18.6 Å². The number of carbonyl (C=O) groups excluding carboxylic acids is 1. The molecule has 5 heteroatoms. The van der Waals surface area contributed by atoms with Crippen LogP contribution in [-0.2, 0) is 11.2 Å². The third-order valence-electron chi connectivity index (χ3n) is 3.14. The number of aliphatic hydroxyl groups is 1. The maximum absolute atomic E-state index is 11.6. The molecule has 0 bridgehead atoms. The first-order chi connectivity index (χ1) is 9.08. The number of hydrogen-bond donors (Lipinski definition) is 2. The third kappa shape index (κ3) is 3.45. The van der Waals surface area contributed by atoms with E-state index in [9.17, 15) is 4.79 Å². The summed E-state index contributed by atoms with van der Waals surface area (Å²) in [5.41, 5.74) is 1.96. The summed E-state index contributed by atoms with van der Waals surface area (Å²) in [6.45, 7) is 3.25. The molecule has 1 amide bonds. The molecule has 2 rings (SSSR count). The number of ether oxygens (including phenoxy) is 1. The smallest absolute Gasteiger partial charge is 0.264 e. The second-order valence-electron chi connectivity index (χ2n) is 4.85. The van der Waals surface area contributed by atoms with Crippen LogP contribution in [0.5, 0.6) is 5.75 Å². The van der Waals surface area contributed by atoms with Crippen LogP contribution in [0, 0.1) is 0 Å². The number of nitrogens with one attached hydrogen (secondary N) is 1. The Labute approximate surface area is 113 Å². The predicted octanol–water partition coefficient (Wildman–Crippen LogP) is 0.555. The molecule has 5 nitrogen and oxygen atoms in total. The van der Waals surface area contributed by atoms with Gasteiger partial charge in [-0.15, -0.1) is 0 Å². The molecule has 0 saturated carbocycles. The lowest BCUT2D eigenvalue weighted by atomic mass is 10.1. The number of likely N-dealkylation sites (N-methyl/N-ethyl adjacent to an activating group) is 1. The lowest BCUT2D eigenvalue weighted by Crippen LogP contribution is -2.35. The van der Waals surface area contributed by atoms with Gasteiger partial charge >= 0.3 is 0 Å². The van der Waals surface area contributed by atoms with Gasteiger partial charge in [-0.05, 0) is 37.6 Å². The highest BCUT2D eigenvalue weighted by molar-refractivity contribution is 5.97. The zero-order chi connectivity index (χ0) is 13.8. The quantitative estimate of drug-likeness (QED) is 0.763. The van der Waals surface area contributed by atoms with Crippen molar-refractivity contribution in [2.45, 2.75) is 19.4 Å². The molecule has 0 spiro atoms. The minimum atomic E-state index is -0.333. The molecule has 0 radical (unpaired) electrons. The van der Waals surface area contributed by atoms with Crippen molar-refractivity contribution in [3.63, 3.8) is 0 Å². The highest BCUT2D eigenvalue weighted by Crippen LogP contribution is 2.31. The van der Waals surface area contributed by atoms with Crippen molar-refractivity contribution in [3.8, 4) is 5.75 Å². The molecule has 2 N–H and O–H groups in total. The van der Waals surface area contributed by atoms with Crippen molar-refractivity contribution >= 4 is 11.6 Å². The molecule has 104 valence electrons. The predicted molar refractivity (Wildman–Crippen MR) is 73.6 cm³/mol.